The average molecular weight is 492 g/mol. The number of benzene rings is 2. The fraction of sp³-hybridized carbons (Fsp3) is 0.208. The van der Waals surface area contributed by atoms with Gasteiger partial charge in [0.05, 0.1) is 27.3 Å². The minimum atomic E-state index is -0.491. The first-order valence-electron chi connectivity index (χ1n) is 10.7. The van der Waals surface area contributed by atoms with E-state index in [2.05, 4.69) is 20.7 Å². The monoisotopic (exact) mass is 491 g/mol. The SMILES string of the molecule is Cc1ccc(-n2nc(C(=O)NCC(=O)Nc3nc4ccc(C)cc4s3)c3c(c2=O)SCC3)cc1. The third-order valence-corrected chi connectivity index (χ3v) is 7.49. The van der Waals surface area contributed by atoms with E-state index in [-0.39, 0.29) is 23.7 Å². The van der Waals surface area contributed by atoms with Crippen molar-refractivity contribution in [2.75, 3.05) is 17.6 Å². The summed E-state index contributed by atoms with van der Waals surface area (Å²) in [5.41, 5.74) is 4.14. The quantitative estimate of drug-likeness (QED) is 0.443. The minimum Gasteiger partial charge on any atom is -0.342 e. The van der Waals surface area contributed by atoms with E-state index in [0.717, 1.165) is 21.3 Å². The number of aryl methyl sites for hydroxylation is 2. The molecule has 4 aromatic rings. The number of nitrogens with zero attached hydrogens (tertiary/aromatic N) is 3. The molecule has 172 valence electrons. The van der Waals surface area contributed by atoms with Crippen LogP contribution in [0.1, 0.15) is 27.2 Å². The van der Waals surface area contributed by atoms with Crippen molar-refractivity contribution in [1.29, 1.82) is 0 Å². The van der Waals surface area contributed by atoms with Crippen molar-refractivity contribution < 1.29 is 9.59 Å². The molecule has 0 atom stereocenters. The lowest BCUT2D eigenvalue weighted by atomic mass is 10.1. The van der Waals surface area contributed by atoms with Gasteiger partial charge >= 0.3 is 0 Å². The molecule has 0 unspecified atom stereocenters. The van der Waals surface area contributed by atoms with Gasteiger partial charge in [0.2, 0.25) is 5.91 Å². The first kappa shape index (κ1) is 22.3. The summed E-state index contributed by atoms with van der Waals surface area (Å²) in [5, 5.41) is 10.2. The number of carbonyl (C=O) groups is 2. The maximum Gasteiger partial charge on any atom is 0.285 e. The van der Waals surface area contributed by atoms with Crippen LogP contribution in [-0.4, -0.2) is 38.9 Å². The van der Waals surface area contributed by atoms with Gasteiger partial charge in [-0.2, -0.15) is 9.78 Å². The highest BCUT2D eigenvalue weighted by Crippen LogP contribution is 2.30. The van der Waals surface area contributed by atoms with Crippen LogP contribution in [0.3, 0.4) is 0 Å². The molecule has 2 aromatic carbocycles. The van der Waals surface area contributed by atoms with Gasteiger partial charge in [0.15, 0.2) is 10.8 Å². The molecule has 2 N–H and O–H groups in total. The second kappa shape index (κ2) is 9.03. The Bertz CT molecular complexity index is 1490. The van der Waals surface area contributed by atoms with E-state index in [1.807, 2.05) is 44.2 Å². The van der Waals surface area contributed by atoms with Crippen LogP contribution in [-0.2, 0) is 11.2 Å². The average Bonchev–Trinajstić information content (AvgIpc) is 3.45. The van der Waals surface area contributed by atoms with Gasteiger partial charge < -0.3 is 10.6 Å². The van der Waals surface area contributed by atoms with E-state index in [0.29, 0.717) is 33.5 Å². The van der Waals surface area contributed by atoms with Gasteiger partial charge in [0, 0.05) is 11.3 Å². The van der Waals surface area contributed by atoms with Crippen molar-refractivity contribution in [2.24, 2.45) is 0 Å². The van der Waals surface area contributed by atoms with Gasteiger partial charge in [-0.15, -0.1) is 11.8 Å². The van der Waals surface area contributed by atoms with Crippen LogP contribution in [0, 0.1) is 13.8 Å². The van der Waals surface area contributed by atoms with E-state index >= 15 is 0 Å². The van der Waals surface area contributed by atoms with Crippen molar-refractivity contribution in [3.8, 4) is 5.69 Å². The van der Waals surface area contributed by atoms with Crippen LogP contribution in [0.15, 0.2) is 52.2 Å². The molecule has 0 fully saturated rings. The van der Waals surface area contributed by atoms with Crippen molar-refractivity contribution in [1.82, 2.24) is 20.1 Å². The summed E-state index contributed by atoms with van der Waals surface area (Å²) in [6.07, 6.45) is 0.580. The van der Waals surface area contributed by atoms with Crippen LogP contribution in [0.5, 0.6) is 0 Å². The fourth-order valence-corrected chi connectivity index (χ4v) is 5.78. The van der Waals surface area contributed by atoms with Crippen LogP contribution < -0.4 is 16.2 Å². The molecule has 0 spiro atoms. The number of anilines is 1. The molecule has 0 radical (unpaired) electrons. The molecule has 3 heterocycles. The Hall–Kier alpha value is -3.50. The van der Waals surface area contributed by atoms with Crippen LogP contribution >= 0.6 is 23.1 Å². The molecule has 5 rings (SSSR count). The summed E-state index contributed by atoms with van der Waals surface area (Å²) in [6, 6.07) is 13.3. The predicted octanol–water partition coefficient (Wildman–Crippen LogP) is 3.48. The van der Waals surface area contributed by atoms with Crippen molar-refractivity contribution in [3.05, 3.63) is 75.2 Å². The molecule has 8 nitrogen and oxygen atoms in total. The molecular formula is C24H21N5O3S2. The largest absolute Gasteiger partial charge is 0.342 e. The number of aromatic nitrogens is 3. The summed E-state index contributed by atoms with van der Waals surface area (Å²) < 4.78 is 2.24. The molecule has 0 saturated heterocycles. The Labute approximate surface area is 203 Å². The zero-order valence-corrected chi connectivity index (χ0v) is 20.2. The lowest BCUT2D eigenvalue weighted by Crippen LogP contribution is -2.36. The number of fused-ring (bicyclic) bond motifs is 2. The molecule has 2 aromatic heterocycles. The highest BCUT2D eigenvalue weighted by atomic mass is 32.2. The second-order valence-corrected chi connectivity index (χ2v) is 10.2. The maximum atomic E-state index is 13.0. The standard InChI is InChI=1S/C24H21N5O3S2/c1-13-3-6-15(7-4-13)29-23(32)21-16(9-10-33-21)20(28-29)22(31)25-12-19(30)27-24-26-17-8-5-14(2)11-18(17)34-24/h3-8,11H,9-10,12H2,1-2H3,(H,25,31)(H,26,27,30). The zero-order valence-electron chi connectivity index (χ0n) is 18.5. The summed E-state index contributed by atoms with van der Waals surface area (Å²) in [7, 11) is 0. The Morgan fingerprint density at radius 2 is 1.85 bits per heavy atom. The highest BCUT2D eigenvalue weighted by Gasteiger charge is 2.27. The normalized spacial score (nSPS) is 12.5. The third-order valence-electron chi connectivity index (χ3n) is 5.44. The summed E-state index contributed by atoms with van der Waals surface area (Å²) >= 11 is 2.81. The number of rotatable bonds is 5. The zero-order chi connectivity index (χ0) is 23.8. The number of amides is 2. The Morgan fingerprint density at radius 1 is 1.09 bits per heavy atom. The fourth-order valence-electron chi connectivity index (χ4n) is 3.71. The van der Waals surface area contributed by atoms with Crippen LogP contribution in [0.4, 0.5) is 5.13 Å². The minimum absolute atomic E-state index is 0.170. The number of thioether (sulfide) groups is 1. The second-order valence-electron chi connectivity index (χ2n) is 8.03. The summed E-state index contributed by atoms with van der Waals surface area (Å²) in [6.45, 7) is 3.72. The predicted molar refractivity (Wildman–Crippen MR) is 134 cm³/mol. The Balaban J connectivity index is 1.34. The first-order valence-corrected chi connectivity index (χ1v) is 12.5. The topological polar surface area (TPSA) is 106 Å². The number of nitrogens with one attached hydrogen (secondary N) is 2. The van der Waals surface area contributed by atoms with Gasteiger partial charge in [0.25, 0.3) is 11.5 Å². The first-order chi connectivity index (χ1) is 16.4. The van der Waals surface area contributed by atoms with Crippen LogP contribution in [0.2, 0.25) is 0 Å². The lowest BCUT2D eigenvalue weighted by molar-refractivity contribution is -0.115. The molecule has 0 aliphatic carbocycles. The highest BCUT2D eigenvalue weighted by molar-refractivity contribution is 7.99. The van der Waals surface area contributed by atoms with Crippen molar-refractivity contribution in [2.45, 2.75) is 25.2 Å². The van der Waals surface area contributed by atoms with Gasteiger partial charge in [-0.25, -0.2) is 4.98 Å². The molecule has 34 heavy (non-hydrogen) atoms. The Morgan fingerprint density at radius 3 is 2.65 bits per heavy atom. The molecule has 10 heteroatoms. The molecule has 0 saturated carbocycles. The number of carbonyl (C=O) groups excluding carboxylic acids is 2. The lowest BCUT2D eigenvalue weighted by Gasteiger charge is -2.12. The number of thiazole rings is 1. The van der Waals surface area contributed by atoms with E-state index in [4.69, 9.17) is 0 Å². The van der Waals surface area contributed by atoms with Crippen LogP contribution in [0.25, 0.3) is 15.9 Å². The number of hydrogen-bond acceptors (Lipinski definition) is 7. The van der Waals surface area contributed by atoms with E-state index in [1.165, 1.54) is 27.8 Å². The molecule has 2 amide bonds. The Kier molecular flexibility index (Phi) is 5.93. The smallest absolute Gasteiger partial charge is 0.285 e. The van der Waals surface area contributed by atoms with E-state index < -0.39 is 5.91 Å². The van der Waals surface area contributed by atoms with Crippen molar-refractivity contribution >= 4 is 50.3 Å². The van der Waals surface area contributed by atoms with Gasteiger partial charge in [-0.05, 0) is 50.1 Å². The summed E-state index contributed by atoms with van der Waals surface area (Å²) in [5.74, 6) is -0.168. The van der Waals surface area contributed by atoms with Gasteiger partial charge in [-0.3, -0.25) is 14.4 Å². The van der Waals surface area contributed by atoms with E-state index in [9.17, 15) is 14.4 Å². The van der Waals surface area contributed by atoms with Crippen molar-refractivity contribution in [3.63, 3.8) is 0 Å². The summed E-state index contributed by atoms with van der Waals surface area (Å²) in [4.78, 5) is 43.4. The number of hydrogen-bond donors (Lipinski definition) is 2. The molecule has 1 aliphatic rings. The molecule has 1 aliphatic heterocycles. The van der Waals surface area contributed by atoms with E-state index in [1.54, 1.807) is 12.1 Å². The van der Waals surface area contributed by atoms with Gasteiger partial charge in [-0.1, -0.05) is 35.1 Å². The maximum absolute atomic E-state index is 13.0. The van der Waals surface area contributed by atoms with Gasteiger partial charge in [0.1, 0.15) is 0 Å². The molecular weight excluding hydrogens is 470 g/mol. The third kappa shape index (κ3) is 4.34. The molecule has 0 bridgehead atoms.